The van der Waals surface area contributed by atoms with Gasteiger partial charge in [0.15, 0.2) is 0 Å². The highest BCUT2D eigenvalue weighted by atomic mass is 16.6. The van der Waals surface area contributed by atoms with Gasteiger partial charge in [0, 0.05) is 166 Å². The molecule has 0 aromatic rings. The minimum Gasteiger partial charge on any atom is -0.469 e. The Morgan fingerprint density at radius 1 is 0.156 bits per heavy atom. The van der Waals surface area contributed by atoms with Gasteiger partial charge in [-0.25, -0.2) is 19.2 Å². The summed E-state index contributed by atoms with van der Waals surface area (Å²) in [5.41, 5.74) is 0. The largest absolute Gasteiger partial charge is 0.469 e. The van der Waals surface area contributed by atoms with Crippen molar-refractivity contribution in [2.75, 3.05) is 532 Å². The summed E-state index contributed by atoms with van der Waals surface area (Å²) in [5.74, 6) is -0.262. The first kappa shape index (κ1) is 164. The third kappa shape index (κ3) is 202. The number of hydrogen-bond donors (Lipinski definition) is 8. The van der Waals surface area contributed by atoms with E-state index in [0.717, 1.165) is 52.2 Å². The maximum Gasteiger partial charge on any atom is 0.406 e. The molecule has 0 saturated carbocycles. The molecule has 0 aromatic carbocycles. The number of alkyl carbamates (subject to hydrolysis) is 4. The molecule has 0 atom stereocenters. The molecule has 0 unspecified atom stereocenters. The van der Waals surface area contributed by atoms with Gasteiger partial charge < -0.3 is 218 Å². The number of likely N-dealkylation sites (N-methyl/N-ethyl adjacent to an activating group) is 2. The third-order valence-corrected chi connectivity index (χ3v) is 16.0. The normalized spacial score (nSPS) is 10.2. The fraction of sp³-hybridized carbons (Fsp3) is 0.926. The van der Waals surface area contributed by atoms with E-state index in [0.29, 0.717) is 349 Å². The predicted octanol–water partition coefficient (Wildman–Crippen LogP) is 2.61. The van der Waals surface area contributed by atoms with Crippen LogP contribution in [0.5, 0.6) is 0 Å². The Morgan fingerprint density at radius 2 is 0.340 bits per heavy atom. The minimum atomic E-state index is -0.456. The van der Waals surface area contributed by atoms with Crippen LogP contribution in [0.3, 0.4) is 0 Å². The Kier molecular flexibility index (Phi) is 190. The van der Waals surface area contributed by atoms with E-state index in [2.05, 4.69) is 56.7 Å². The second-order valence-electron chi connectivity index (χ2n) is 27.7. The summed E-state index contributed by atoms with van der Waals surface area (Å²) < 4.78 is 183. The number of esters is 1. The zero-order valence-electron chi connectivity index (χ0n) is 94.1. The maximum absolute atomic E-state index is 10.8. The van der Waals surface area contributed by atoms with Crippen LogP contribution in [-0.4, -0.2) is 575 Å². The molecule has 6 amide bonds. The van der Waals surface area contributed by atoms with Gasteiger partial charge in [0.1, 0.15) is 13.2 Å². The molecule has 0 heterocycles. The second kappa shape index (κ2) is 171. The second-order valence-corrected chi connectivity index (χ2v) is 27.7. The van der Waals surface area contributed by atoms with Crippen LogP contribution in [0, 0.1) is 0 Å². The van der Waals surface area contributed by atoms with Crippen molar-refractivity contribution in [3.05, 3.63) is 0 Å². The molecular weight excluding hydrogens is 1960 g/mol. The minimum absolute atomic E-state index is 0.00224. The Morgan fingerprint density at radius 3 is 0.544 bits per heavy atom. The van der Waals surface area contributed by atoms with Crippen molar-refractivity contribution in [1.29, 1.82) is 0 Å². The number of hydrogen-bond acceptors (Lipinski definition) is 46. The van der Waals surface area contributed by atoms with Crippen LogP contribution in [0.15, 0.2) is 0 Å². The lowest BCUT2D eigenvalue weighted by Gasteiger charge is -2.07. The molecule has 0 aromatic heterocycles. The zero-order valence-corrected chi connectivity index (χ0v) is 94.1. The molecule has 890 valence electrons. The molecule has 0 saturated heterocycles. The van der Waals surface area contributed by atoms with Gasteiger partial charge in [0.25, 0.3) is 0 Å². The van der Waals surface area contributed by atoms with Crippen LogP contribution < -0.4 is 42.5 Å². The quantitative estimate of drug-likeness (QED) is 0.0246. The molecule has 52 heteroatoms. The summed E-state index contributed by atoms with van der Waals surface area (Å²) in [6.45, 7) is 32.8. The summed E-state index contributed by atoms with van der Waals surface area (Å²) in [4.78, 5) is 74.5. The molecule has 0 rings (SSSR count). The van der Waals surface area contributed by atoms with Gasteiger partial charge in [-0.2, -0.15) is 0 Å². The number of methoxy groups -OCH3 is 16. The Bertz CT molecular complexity index is 2210. The van der Waals surface area contributed by atoms with Crippen LogP contribution in [0.1, 0.15) is 57.8 Å². The summed E-state index contributed by atoms with van der Waals surface area (Å²) in [7, 11) is 35.5. The van der Waals surface area contributed by atoms with Gasteiger partial charge in [-0.15, -0.1) is 0 Å². The highest BCUT2D eigenvalue weighted by Crippen LogP contribution is 2.05. The van der Waals surface area contributed by atoms with Crippen LogP contribution in [0.25, 0.3) is 0 Å². The molecule has 0 fully saturated rings. The van der Waals surface area contributed by atoms with Crippen molar-refractivity contribution >= 4 is 42.2 Å². The van der Waals surface area contributed by atoms with Crippen molar-refractivity contribution in [1.82, 2.24) is 42.5 Å². The number of ether oxygens (including phenoxy) is 37. The molecule has 0 radical (unpaired) electrons. The summed E-state index contributed by atoms with van der Waals surface area (Å²) in [5, 5.41) is 20.8. The Hall–Kier alpha value is -5.87. The third-order valence-electron chi connectivity index (χ3n) is 16.0. The first-order valence-electron chi connectivity index (χ1n) is 49.3. The standard InChI is InChI=1S/C11H23NO6.C11H23NO5.C11H23NO3.C10H23NO4.2C9H19NO5.C8H18O4.C7H15NO3.C7H14O4.C6H15NO2.C6H14O3/c1-12-11(13)18-10-9-17-8-7-16-6-5-15-4-3-14-2;1-12-11(13)3-4-15-7-8-17-10-9-16-6-5-14-2;1-14-10-8-6-4-3-5-7-9-12-11(13)15-2;1-11-3-4-13-7-8-15-10-9-14-6-5-12-2;1-12-5-6-15-8-7-14-4-3-10-9(11)13-2;1-10-9(11)15-8-7-14-6-5-13-4-3-12-2;1-9-3-5-11-7-8-12-6-4-10-2;1-8-7(9)3-4-11-6-5-10-2;1-9-5-6-11-4-3-7(8)10-2;1-7-3-4-9-6-5-8-2;1-7-3-5-9-6-4-8-2/h3-10H2,1-2H3,(H,12,13);3-10H2,1-2H3,(H,12,13);3-10H2,1-2H3,(H,12,13);11H,3-10H2,1-2H3;2*3-8H2,1-2H3,(H,10,11);3-8H2,1-2H3;3-6H2,1-2H3,(H,8,9);3-6H2,1-2H3;7H,3-6H2,1-2H3;3-6H2,1-2H3. The van der Waals surface area contributed by atoms with Gasteiger partial charge in [-0.05, 0) is 26.9 Å². The van der Waals surface area contributed by atoms with E-state index in [9.17, 15) is 33.6 Å². The van der Waals surface area contributed by atoms with E-state index < -0.39 is 18.3 Å². The van der Waals surface area contributed by atoms with Crippen LogP contribution in [-0.2, 0) is 190 Å². The number of amides is 6. The topological polar surface area (TPSA) is 557 Å². The average molecular weight is 2160 g/mol. The average Bonchev–Trinajstić information content (AvgIpc) is 1.07. The summed E-state index contributed by atoms with van der Waals surface area (Å²) >= 11 is 0. The molecule has 52 nitrogen and oxygen atoms in total. The SMILES string of the molecule is CNC(=O)CCOCCOC.CNC(=O)CCOCCOCCOCCOC.CNC(=O)OCCOCCOCCOC.CNC(=O)OCCOCCOCCOCCOC.CNCCOCCOC.CNCCOCCOCCOCCOC.COCCCCCCCCNC(=O)OC.COCCOCCC(=O)OC.COCCOCCOC.COCCOCCOCCNC(=O)OC.COCCOCCOCCOC. The number of carbonyl (C=O) groups excluding carboxylic acids is 7. The van der Waals surface area contributed by atoms with Gasteiger partial charge in [0.2, 0.25) is 11.8 Å². The smallest absolute Gasteiger partial charge is 0.406 e. The van der Waals surface area contributed by atoms with E-state index in [-0.39, 0.29) is 37.1 Å². The van der Waals surface area contributed by atoms with Crippen molar-refractivity contribution < 1.29 is 209 Å². The maximum atomic E-state index is 10.8. The molecule has 0 aliphatic heterocycles. The molecular formula is C95H206N8O44. The van der Waals surface area contributed by atoms with Crippen molar-refractivity contribution in [2.24, 2.45) is 0 Å². The first-order valence-corrected chi connectivity index (χ1v) is 49.3. The van der Waals surface area contributed by atoms with E-state index in [1.54, 1.807) is 107 Å². The van der Waals surface area contributed by atoms with Gasteiger partial charge in [-0.3, -0.25) is 14.4 Å². The van der Waals surface area contributed by atoms with Crippen molar-refractivity contribution in [2.45, 2.75) is 57.8 Å². The lowest BCUT2D eigenvalue weighted by Crippen LogP contribution is -2.27. The number of nitrogens with one attached hydrogen (secondary N) is 8. The zero-order chi connectivity index (χ0) is 112. The van der Waals surface area contributed by atoms with E-state index >= 15 is 0 Å². The van der Waals surface area contributed by atoms with Crippen LogP contribution in [0.4, 0.5) is 19.2 Å². The number of rotatable bonds is 96. The fourth-order valence-corrected chi connectivity index (χ4v) is 8.06. The Labute approximate surface area is 880 Å². The fourth-order valence-electron chi connectivity index (χ4n) is 8.06. The molecule has 0 aliphatic carbocycles. The highest BCUT2D eigenvalue weighted by molar-refractivity contribution is 5.76. The summed E-state index contributed by atoms with van der Waals surface area (Å²) in [6, 6.07) is 0. The van der Waals surface area contributed by atoms with Gasteiger partial charge >= 0.3 is 30.3 Å². The Balaban J connectivity index is -0.000000155. The lowest BCUT2D eigenvalue weighted by molar-refractivity contribution is -0.142. The summed E-state index contributed by atoms with van der Waals surface area (Å²) in [6.07, 6.45) is 6.47. The van der Waals surface area contributed by atoms with E-state index in [4.69, 9.17) is 161 Å². The number of unbranched alkanes of at least 4 members (excludes halogenated alkanes) is 5. The van der Waals surface area contributed by atoms with Gasteiger partial charge in [0.05, 0.1) is 358 Å². The van der Waals surface area contributed by atoms with E-state index in [1.807, 2.05) is 14.1 Å². The van der Waals surface area contributed by atoms with Crippen LogP contribution in [0.2, 0.25) is 0 Å². The van der Waals surface area contributed by atoms with Crippen molar-refractivity contribution in [3.63, 3.8) is 0 Å². The van der Waals surface area contributed by atoms with E-state index in [1.165, 1.54) is 54.7 Å². The molecule has 8 N–H and O–H groups in total. The monoisotopic (exact) mass is 2160 g/mol. The highest BCUT2D eigenvalue weighted by Gasteiger charge is 2.05. The number of carbonyl (C=O) groups is 7. The molecule has 0 spiro atoms. The molecule has 147 heavy (non-hydrogen) atoms. The van der Waals surface area contributed by atoms with Gasteiger partial charge in [-0.1, -0.05) is 25.7 Å². The lowest BCUT2D eigenvalue weighted by atomic mass is 10.1. The van der Waals surface area contributed by atoms with Crippen LogP contribution >= 0.6 is 0 Å². The first-order chi connectivity index (χ1) is 71.8. The molecule has 0 aliphatic rings. The predicted molar refractivity (Wildman–Crippen MR) is 551 cm³/mol. The van der Waals surface area contributed by atoms with Crippen molar-refractivity contribution in [3.8, 4) is 0 Å². The molecule has 0 bridgehead atoms.